The maximum Gasteiger partial charge on any atom is 0.261 e. The van der Waals surface area contributed by atoms with Crippen molar-refractivity contribution in [3.05, 3.63) is 65.0 Å². The third-order valence-electron chi connectivity index (χ3n) is 4.68. The maximum atomic E-state index is 12.8. The van der Waals surface area contributed by atoms with Crippen LogP contribution in [0.15, 0.2) is 47.0 Å². The molecule has 1 aromatic heterocycles. The fourth-order valence-electron chi connectivity index (χ4n) is 3.11. The number of hydrogen-bond donors (Lipinski definition) is 0. The standard InChI is InChI=1S/C23H27N3O3/c1-15(2)26(22(27)14-28-20-10-9-17(4)11-18(20)5)13-21-24-23(25-29-21)19-8-6-7-16(3)12-19/h6-12,15H,13-14H2,1-5H3. The van der Waals surface area contributed by atoms with E-state index in [1.54, 1.807) is 4.90 Å². The number of ether oxygens (including phenoxy) is 1. The van der Waals surface area contributed by atoms with E-state index in [0.29, 0.717) is 17.5 Å². The lowest BCUT2D eigenvalue weighted by molar-refractivity contribution is -0.136. The van der Waals surface area contributed by atoms with Gasteiger partial charge in [-0.15, -0.1) is 0 Å². The van der Waals surface area contributed by atoms with Crippen molar-refractivity contribution in [1.82, 2.24) is 15.0 Å². The quantitative estimate of drug-likeness (QED) is 0.592. The first-order chi connectivity index (χ1) is 13.8. The predicted octanol–water partition coefficient (Wildman–Crippen LogP) is 4.48. The van der Waals surface area contributed by atoms with Crippen molar-refractivity contribution < 1.29 is 14.1 Å². The van der Waals surface area contributed by atoms with Crippen molar-refractivity contribution in [3.63, 3.8) is 0 Å². The van der Waals surface area contributed by atoms with Crippen LogP contribution in [0, 0.1) is 20.8 Å². The van der Waals surface area contributed by atoms with Crippen LogP contribution in [0.1, 0.15) is 36.4 Å². The molecule has 1 heterocycles. The first kappa shape index (κ1) is 20.6. The first-order valence-corrected chi connectivity index (χ1v) is 9.72. The molecular formula is C23H27N3O3. The summed E-state index contributed by atoms with van der Waals surface area (Å²) < 4.78 is 11.1. The Bertz CT molecular complexity index is 995. The SMILES string of the molecule is Cc1cccc(-c2noc(CN(C(=O)COc3ccc(C)cc3C)C(C)C)n2)c1. The van der Waals surface area contributed by atoms with E-state index < -0.39 is 0 Å². The monoisotopic (exact) mass is 393 g/mol. The minimum Gasteiger partial charge on any atom is -0.483 e. The van der Waals surface area contributed by atoms with Crippen LogP contribution in [0.4, 0.5) is 0 Å². The molecule has 0 saturated carbocycles. The molecule has 0 bridgehead atoms. The van der Waals surface area contributed by atoms with E-state index in [2.05, 4.69) is 10.1 Å². The number of aromatic nitrogens is 2. The van der Waals surface area contributed by atoms with Crippen molar-refractivity contribution in [1.29, 1.82) is 0 Å². The summed E-state index contributed by atoms with van der Waals surface area (Å²) in [6.07, 6.45) is 0. The summed E-state index contributed by atoms with van der Waals surface area (Å²) in [5.74, 6) is 1.50. The fraction of sp³-hybridized carbons (Fsp3) is 0.348. The molecule has 6 heteroatoms. The molecule has 0 aliphatic heterocycles. The lowest BCUT2D eigenvalue weighted by Gasteiger charge is -2.25. The number of amides is 1. The third kappa shape index (κ3) is 5.22. The summed E-state index contributed by atoms with van der Waals surface area (Å²) in [5, 5.41) is 4.06. The number of hydrogen-bond acceptors (Lipinski definition) is 5. The van der Waals surface area contributed by atoms with Gasteiger partial charge in [-0.1, -0.05) is 46.6 Å². The van der Waals surface area contributed by atoms with Crippen LogP contribution in [0.25, 0.3) is 11.4 Å². The lowest BCUT2D eigenvalue weighted by Crippen LogP contribution is -2.39. The zero-order chi connectivity index (χ0) is 21.0. The van der Waals surface area contributed by atoms with Gasteiger partial charge < -0.3 is 14.2 Å². The summed E-state index contributed by atoms with van der Waals surface area (Å²) in [6, 6.07) is 13.8. The Kier molecular flexibility index (Phi) is 6.32. The van der Waals surface area contributed by atoms with Gasteiger partial charge in [0.15, 0.2) is 6.61 Å². The molecule has 152 valence electrons. The number of carbonyl (C=O) groups is 1. The highest BCUT2D eigenvalue weighted by atomic mass is 16.5. The summed E-state index contributed by atoms with van der Waals surface area (Å²) in [7, 11) is 0. The summed E-state index contributed by atoms with van der Waals surface area (Å²) in [4.78, 5) is 18.9. The van der Waals surface area contributed by atoms with Gasteiger partial charge in [-0.25, -0.2) is 0 Å². The zero-order valence-electron chi connectivity index (χ0n) is 17.6. The molecule has 6 nitrogen and oxygen atoms in total. The molecule has 0 aliphatic carbocycles. The molecule has 0 saturated heterocycles. The van der Waals surface area contributed by atoms with Crippen LogP contribution in [0.5, 0.6) is 5.75 Å². The van der Waals surface area contributed by atoms with Crippen LogP contribution < -0.4 is 4.74 Å². The van der Waals surface area contributed by atoms with E-state index in [9.17, 15) is 4.79 Å². The lowest BCUT2D eigenvalue weighted by atomic mass is 10.1. The van der Waals surface area contributed by atoms with Gasteiger partial charge in [0.1, 0.15) is 12.3 Å². The predicted molar refractivity (Wildman–Crippen MR) is 112 cm³/mol. The summed E-state index contributed by atoms with van der Waals surface area (Å²) >= 11 is 0. The van der Waals surface area contributed by atoms with E-state index in [4.69, 9.17) is 9.26 Å². The molecule has 0 fully saturated rings. The minimum atomic E-state index is -0.129. The van der Waals surface area contributed by atoms with Gasteiger partial charge in [-0.3, -0.25) is 4.79 Å². The molecule has 0 N–H and O–H groups in total. The Hall–Kier alpha value is -3.15. The van der Waals surface area contributed by atoms with Crippen molar-refractivity contribution in [2.75, 3.05) is 6.61 Å². The van der Waals surface area contributed by atoms with Crippen LogP contribution in [0.3, 0.4) is 0 Å². The van der Waals surface area contributed by atoms with Gasteiger partial charge in [-0.2, -0.15) is 4.98 Å². The van der Waals surface area contributed by atoms with E-state index in [1.807, 2.05) is 77.1 Å². The Morgan fingerprint density at radius 2 is 1.86 bits per heavy atom. The zero-order valence-corrected chi connectivity index (χ0v) is 17.6. The Morgan fingerprint density at radius 1 is 1.10 bits per heavy atom. The number of benzene rings is 2. The molecule has 3 rings (SSSR count). The third-order valence-corrected chi connectivity index (χ3v) is 4.68. The average Bonchev–Trinajstić information content (AvgIpc) is 3.14. The number of carbonyl (C=O) groups excluding carboxylic acids is 1. The van der Waals surface area contributed by atoms with Crippen molar-refractivity contribution in [3.8, 4) is 17.1 Å². The molecule has 0 atom stereocenters. The molecular weight excluding hydrogens is 366 g/mol. The van der Waals surface area contributed by atoms with Gasteiger partial charge in [0.25, 0.3) is 5.91 Å². The van der Waals surface area contributed by atoms with E-state index in [1.165, 1.54) is 0 Å². The van der Waals surface area contributed by atoms with Crippen LogP contribution in [-0.2, 0) is 11.3 Å². The molecule has 2 aromatic carbocycles. The first-order valence-electron chi connectivity index (χ1n) is 9.72. The van der Waals surface area contributed by atoms with Gasteiger partial charge in [0.2, 0.25) is 11.7 Å². The molecule has 0 radical (unpaired) electrons. The van der Waals surface area contributed by atoms with Gasteiger partial charge in [-0.05, 0) is 52.3 Å². The van der Waals surface area contributed by atoms with Gasteiger partial charge >= 0.3 is 0 Å². The topological polar surface area (TPSA) is 68.5 Å². The van der Waals surface area contributed by atoms with E-state index >= 15 is 0 Å². The molecule has 29 heavy (non-hydrogen) atoms. The second kappa shape index (κ2) is 8.90. The molecule has 3 aromatic rings. The largest absolute Gasteiger partial charge is 0.483 e. The molecule has 0 unspecified atom stereocenters. The van der Waals surface area contributed by atoms with Gasteiger partial charge in [0.05, 0.1) is 0 Å². The van der Waals surface area contributed by atoms with Crippen molar-refractivity contribution >= 4 is 5.91 Å². The fourth-order valence-corrected chi connectivity index (χ4v) is 3.11. The smallest absolute Gasteiger partial charge is 0.261 e. The number of aryl methyl sites for hydroxylation is 3. The van der Waals surface area contributed by atoms with E-state index in [-0.39, 0.29) is 25.1 Å². The Morgan fingerprint density at radius 3 is 2.55 bits per heavy atom. The minimum absolute atomic E-state index is 0.0282. The highest BCUT2D eigenvalue weighted by molar-refractivity contribution is 5.78. The average molecular weight is 393 g/mol. The van der Waals surface area contributed by atoms with Gasteiger partial charge in [0, 0.05) is 11.6 Å². The van der Waals surface area contributed by atoms with E-state index in [0.717, 1.165) is 22.3 Å². The Balaban J connectivity index is 1.67. The Labute approximate surface area is 171 Å². The van der Waals surface area contributed by atoms with Crippen LogP contribution >= 0.6 is 0 Å². The second-order valence-corrected chi connectivity index (χ2v) is 7.55. The molecule has 0 spiro atoms. The summed E-state index contributed by atoms with van der Waals surface area (Å²) in [5.41, 5.74) is 4.18. The number of nitrogens with zero attached hydrogens (tertiary/aromatic N) is 3. The van der Waals surface area contributed by atoms with Crippen LogP contribution in [0.2, 0.25) is 0 Å². The van der Waals surface area contributed by atoms with Crippen molar-refractivity contribution in [2.24, 2.45) is 0 Å². The highest BCUT2D eigenvalue weighted by Crippen LogP contribution is 2.20. The highest BCUT2D eigenvalue weighted by Gasteiger charge is 2.21. The molecule has 0 aliphatic rings. The van der Waals surface area contributed by atoms with Crippen molar-refractivity contribution in [2.45, 2.75) is 47.2 Å². The number of rotatable bonds is 7. The maximum absolute atomic E-state index is 12.8. The van der Waals surface area contributed by atoms with Crippen LogP contribution in [-0.4, -0.2) is 33.6 Å². The normalized spacial score (nSPS) is 11.0. The summed E-state index contributed by atoms with van der Waals surface area (Å²) in [6.45, 7) is 10.1. The second-order valence-electron chi connectivity index (χ2n) is 7.55. The molecule has 1 amide bonds.